The summed E-state index contributed by atoms with van der Waals surface area (Å²) in [6.45, 7) is 0. The fraction of sp³-hybridized carbons (Fsp3) is 1.00. The maximum atomic E-state index is 10.7. The summed E-state index contributed by atoms with van der Waals surface area (Å²) in [6, 6.07) is 0. The van der Waals surface area contributed by atoms with Crippen molar-refractivity contribution < 1.29 is 36.9 Å². The van der Waals surface area contributed by atoms with Crippen LogP contribution in [0.15, 0.2) is 0 Å². The molecule has 0 aromatic heterocycles. The van der Waals surface area contributed by atoms with E-state index in [0.29, 0.717) is 0 Å². The fourth-order valence-electron chi connectivity index (χ4n) is 0.250. The molecule has 0 heterocycles. The molecule has 0 aromatic rings. The largest absolute Gasteiger partial charge is 1.00 e. The molecular formula is C3H9LiO4Si. The summed E-state index contributed by atoms with van der Waals surface area (Å²) in [5, 5.41) is 0. The molecule has 0 aliphatic heterocycles. The molecule has 0 fully saturated rings. The summed E-state index contributed by atoms with van der Waals surface area (Å²) in [5.41, 5.74) is 0. The van der Waals surface area contributed by atoms with Gasteiger partial charge in [0.05, 0.1) is 0 Å². The summed E-state index contributed by atoms with van der Waals surface area (Å²) < 4.78 is 13.1. The summed E-state index contributed by atoms with van der Waals surface area (Å²) in [7, 11) is 0.389. The molecule has 50 valence electrons. The van der Waals surface area contributed by atoms with Crippen LogP contribution < -0.4 is 23.7 Å². The molecule has 0 bridgehead atoms. The third kappa shape index (κ3) is 4.11. The summed E-state index contributed by atoms with van der Waals surface area (Å²) in [6.07, 6.45) is 0. The van der Waals surface area contributed by atoms with Gasteiger partial charge >= 0.3 is 27.9 Å². The van der Waals surface area contributed by atoms with Crippen LogP contribution in [-0.2, 0) is 13.3 Å². The van der Waals surface area contributed by atoms with Crippen LogP contribution >= 0.6 is 0 Å². The van der Waals surface area contributed by atoms with Gasteiger partial charge in [0.2, 0.25) is 0 Å². The first-order valence-corrected chi connectivity index (χ1v) is 3.67. The molecule has 0 unspecified atom stereocenters. The zero-order chi connectivity index (χ0) is 6.62. The molecule has 0 saturated heterocycles. The van der Waals surface area contributed by atoms with Crippen LogP contribution in [0.2, 0.25) is 0 Å². The van der Waals surface area contributed by atoms with Gasteiger partial charge in [0.1, 0.15) is 0 Å². The molecule has 0 saturated carbocycles. The van der Waals surface area contributed by atoms with E-state index in [9.17, 15) is 4.80 Å². The van der Waals surface area contributed by atoms with Gasteiger partial charge in [-0.05, 0) is 0 Å². The van der Waals surface area contributed by atoms with E-state index >= 15 is 0 Å². The first kappa shape index (κ1) is 12.3. The standard InChI is InChI=1S/C3H9O4Si.Li/c1-5-8(4,6-2)7-3;/h1-3H3;/q-1;+1. The second kappa shape index (κ2) is 5.44. The van der Waals surface area contributed by atoms with E-state index in [1.54, 1.807) is 0 Å². The van der Waals surface area contributed by atoms with Gasteiger partial charge in [0.15, 0.2) is 0 Å². The van der Waals surface area contributed by atoms with Gasteiger partial charge in [-0.25, -0.2) is 0 Å². The Morgan fingerprint density at radius 3 is 1.22 bits per heavy atom. The normalized spacial score (nSPS) is 10.7. The van der Waals surface area contributed by atoms with Crippen molar-refractivity contribution in [3.05, 3.63) is 0 Å². The predicted octanol–water partition coefficient (Wildman–Crippen LogP) is -4.27. The Morgan fingerprint density at radius 1 is 1.00 bits per heavy atom. The van der Waals surface area contributed by atoms with Crippen molar-refractivity contribution in [3.8, 4) is 0 Å². The van der Waals surface area contributed by atoms with E-state index in [2.05, 4.69) is 13.3 Å². The van der Waals surface area contributed by atoms with Crippen LogP contribution in [0.25, 0.3) is 0 Å². The van der Waals surface area contributed by atoms with Crippen LogP contribution in [-0.4, -0.2) is 30.4 Å². The first-order chi connectivity index (χ1) is 3.68. The van der Waals surface area contributed by atoms with Crippen molar-refractivity contribution in [2.75, 3.05) is 21.3 Å². The van der Waals surface area contributed by atoms with Crippen LogP contribution in [0.1, 0.15) is 0 Å². The average Bonchev–Trinajstić information content (AvgIpc) is 1.87. The minimum atomic E-state index is -3.42. The Labute approximate surface area is 67.8 Å². The van der Waals surface area contributed by atoms with E-state index in [1.165, 1.54) is 21.3 Å². The monoisotopic (exact) mass is 144 g/mol. The van der Waals surface area contributed by atoms with Crippen LogP contribution in [0.3, 0.4) is 0 Å². The van der Waals surface area contributed by atoms with Crippen molar-refractivity contribution in [1.29, 1.82) is 0 Å². The van der Waals surface area contributed by atoms with E-state index in [4.69, 9.17) is 0 Å². The Bertz CT molecular complexity index is 58.6. The second-order valence-corrected chi connectivity index (χ2v) is 3.34. The molecular weight excluding hydrogens is 135 g/mol. The summed E-state index contributed by atoms with van der Waals surface area (Å²) in [5.74, 6) is 0. The third-order valence-electron chi connectivity index (χ3n) is 0.750. The number of hydrogen-bond acceptors (Lipinski definition) is 4. The topological polar surface area (TPSA) is 50.8 Å². The van der Waals surface area contributed by atoms with E-state index in [0.717, 1.165) is 0 Å². The Morgan fingerprint density at radius 2 is 1.22 bits per heavy atom. The molecule has 9 heavy (non-hydrogen) atoms. The summed E-state index contributed by atoms with van der Waals surface area (Å²) in [4.78, 5) is 10.7. The van der Waals surface area contributed by atoms with E-state index in [1.807, 2.05) is 0 Å². The molecule has 6 heteroatoms. The molecule has 0 aliphatic carbocycles. The van der Waals surface area contributed by atoms with Crippen LogP contribution in [0.5, 0.6) is 0 Å². The Balaban J connectivity index is 0. The van der Waals surface area contributed by atoms with Gasteiger partial charge in [-0.3, -0.25) is 0 Å². The van der Waals surface area contributed by atoms with Crippen LogP contribution in [0, 0.1) is 0 Å². The van der Waals surface area contributed by atoms with Gasteiger partial charge in [-0.15, -0.1) is 0 Å². The molecule has 0 N–H and O–H groups in total. The predicted molar refractivity (Wildman–Crippen MR) is 26.8 cm³/mol. The maximum Gasteiger partial charge on any atom is 1.00 e. The van der Waals surface area contributed by atoms with Crippen molar-refractivity contribution in [1.82, 2.24) is 0 Å². The molecule has 0 radical (unpaired) electrons. The molecule has 0 aromatic carbocycles. The second-order valence-electron chi connectivity index (χ2n) is 1.11. The molecule has 0 amide bonds. The van der Waals surface area contributed by atoms with Gasteiger partial charge in [0, 0.05) is 21.3 Å². The van der Waals surface area contributed by atoms with E-state index < -0.39 is 9.05 Å². The molecule has 0 spiro atoms. The first-order valence-electron chi connectivity index (χ1n) is 2.04. The van der Waals surface area contributed by atoms with E-state index in [-0.39, 0.29) is 18.9 Å². The van der Waals surface area contributed by atoms with Gasteiger partial charge in [-0.1, -0.05) is 0 Å². The minimum absolute atomic E-state index is 0. The van der Waals surface area contributed by atoms with Crippen molar-refractivity contribution in [2.24, 2.45) is 0 Å². The molecule has 0 rings (SSSR count). The van der Waals surface area contributed by atoms with Crippen molar-refractivity contribution >= 4 is 9.05 Å². The number of hydrogen-bond donors (Lipinski definition) is 0. The smallest absolute Gasteiger partial charge is 0.793 e. The van der Waals surface area contributed by atoms with Crippen LogP contribution in [0.4, 0.5) is 0 Å². The van der Waals surface area contributed by atoms with Crippen molar-refractivity contribution in [2.45, 2.75) is 0 Å². The average molecular weight is 144 g/mol. The Kier molecular flexibility index (Phi) is 7.46. The van der Waals surface area contributed by atoms with Crippen molar-refractivity contribution in [3.63, 3.8) is 0 Å². The minimum Gasteiger partial charge on any atom is -0.793 e. The van der Waals surface area contributed by atoms with Gasteiger partial charge in [0.25, 0.3) is 0 Å². The third-order valence-corrected chi connectivity index (χ3v) is 2.25. The van der Waals surface area contributed by atoms with Gasteiger partial charge < -0.3 is 18.1 Å². The fourth-order valence-corrected chi connectivity index (χ4v) is 0.750. The molecule has 4 nitrogen and oxygen atoms in total. The number of rotatable bonds is 3. The zero-order valence-electron chi connectivity index (χ0n) is 6.13. The molecule has 0 aliphatic rings. The summed E-state index contributed by atoms with van der Waals surface area (Å²) >= 11 is 0. The quantitative estimate of drug-likeness (QED) is 0.376. The Hall–Kier alpha value is 0.654. The SMILES string of the molecule is CO[Si]([O-])(OC)OC.[Li+]. The van der Waals surface area contributed by atoms with Gasteiger partial charge in [-0.2, -0.15) is 0 Å². The zero-order valence-corrected chi connectivity index (χ0v) is 7.13. The maximum absolute atomic E-state index is 10.7. The molecule has 0 atom stereocenters.